The first-order valence-electron chi connectivity index (χ1n) is 4.96. The fourth-order valence-electron chi connectivity index (χ4n) is 1.57. The topological polar surface area (TPSA) is 26.0 Å². The SMILES string of the molecule is NC(c1cc[c]cc1)c1ccc(F)c(F)c1F. The van der Waals surface area contributed by atoms with Crippen LogP contribution in [0, 0.1) is 23.5 Å². The molecule has 0 saturated heterocycles. The molecule has 0 spiro atoms. The van der Waals surface area contributed by atoms with Crippen LogP contribution in [0.1, 0.15) is 17.2 Å². The van der Waals surface area contributed by atoms with Gasteiger partial charge in [0, 0.05) is 5.56 Å². The van der Waals surface area contributed by atoms with Crippen molar-refractivity contribution >= 4 is 0 Å². The van der Waals surface area contributed by atoms with Crippen LogP contribution < -0.4 is 5.73 Å². The summed E-state index contributed by atoms with van der Waals surface area (Å²) in [4.78, 5) is 0. The summed E-state index contributed by atoms with van der Waals surface area (Å²) in [6.45, 7) is 0. The Morgan fingerprint density at radius 1 is 0.941 bits per heavy atom. The molecule has 0 aliphatic carbocycles. The third kappa shape index (κ3) is 2.17. The molecule has 0 aliphatic heterocycles. The van der Waals surface area contributed by atoms with Crippen molar-refractivity contribution < 1.29 is 13.2 Å². The van der Waals surface area contributed by atoms with Crippen LogP contribution in [0.2, 0.25) is 0 Å². The molecule has 1 nitrogen and oxygen atoms in total. The Hall–Kier alpha value is -1.81. The van der Waals surface area contributed by atoms with Gasteiger partial charge in [-0.15, -0.1) is 0 Å². The zero-order valence-corrected chi connectivity index (χ0v) is 8.75. The molecule has 0 saturated carbocycles. The smallest absolute Gasteiger partial charge is 0.194 e. The van der Waals surface area contributed by atoms with Crippen molar-refractivity contribution in [2.24, 2.45) is 5.73 Å². The molecule has 1 radical (unpaired) electrons. The van der Waals surface area contributed by atoms with Crippen LogP contribution in [-0.2, 0) is 0 Å². The van der Waals surface area contributed by atoms with Gasteiger partial charge in [0.05, 0.1) is 6.04 Å². The highest BCUT2D eigenvalue weighted by molar-refractivity contribution is 5.32. The fourth-order valence-corrected chi connectivity index (χ4v) is 1.57. The van der Waals surface area contributed by atoms with Gasteiger partial charge in [-0.3, -0.25) is 0 Å². The summed E-state index contributed by atoms with van der Waals surface area (Å²) >= 11 is 0. The third-order valence-electron chi connectivity index (χ3n) is 2.50. The van der Waals surface area contributed by atoms with Gasteiger partial charge in [-0.2, -0.15) is 0 Å². The van der Waals surface area contributed by atoms with Crippen LogP contribution >= 0.6 is 0 Å². The summed E-state index contributed by atoms with van der Waals surface area (Å²) in [7, 11) is 0. The lowest BCUT2D eigenvalue weighted by molar-refractivity contribution is 0.438. The van der Waals surface area contributed by atoms with E-state index in [4.69, 9.17) is 5.73 Å². The van der Waals surface area contributed by atoms with Crippen LogP contribution in [0.15, 0.2) is 36.4 Å². The van der Waals surface area contributed by atoms with Gasteiger partial charge in [-0.05, 0) is 17.7 Å². The lowest BCUT2D eigenvalue weighted by Crippen LogP contribution is -2.14. The number of benzene rings is 2. The van der Waals surface area contributed by atoms with E-state index >= 15 is 0 Å². The molecule has 2 N–H and O–H groups in total. The largest absolute Gasteiger partial charge is 0.320 e. The molecule has 1 atom stereocenters. The van der Waals surface area contributed by atoms with Crippen LogP contribution in [0.3, 0.4) is 0 Å². The van der Waals surface area contributed by atoms with Gasteiger partial charge in [-0.1, -0.05) is 30.3 Å². The molecule has 0 amide bonds. The number of rotatable bonds is 2. The quantitative estimate of drug-likeness (QED) is 0.797. The van der Waals surface area contributed by atoms with Gasteiger partial charge in [0.2, 0.25) is 0 Å². The fraction of sp³-hybridized carbons (Fsp3) is 0.0769. The first kappa shape index (κ1) is 11.7. The monoisotopic (exact) mass is 236 g/mol. The second-order valence-corrected chi connectivity index (χ2v) is 3.58. The van der Waals surface area contributed by atoms with Crippen LogP contribution in [0.4, 0.5) is 13.2 Å². The van der Waals surface area contributed by atoms with Gasteiger partial charge in [0.25, 0.3) is 0 Å². The number of hydrogen-bond donors (Lipinski definition) is 1. The van der Waals surface area contributed by atoms with Crippen molar-refractivity contribution in [3.05, 3.63) is 71.0 Å². The molecule has 2 rings (SSSR count). The highest BCUT2D eigenvalue weighted by Gasteiger charge is 2.19. The number of hydrogen-bond acceptors (Lipinski definition) is 1. The highest BCUT2D eigenvalue weighted by Crippen LogP contribution is 2.24. The average Bonchev–Trinajstić information content (AvgIpc) is 2.36. The molecule has 1 unspecified atom stereocenters. The van der Waals surface area contributed by atoms with E-state index < -0.39 is 23.5 Å². The molecule has 4 heteroatoms. The zero-order valence-electron chi connectivity index (χ0n) is 8.75. The maximum atomic E-state index is 13.5. The Morgan fingerprint density at radius 2 is 1.59 bits per heavy atom. The summed E-state index contributed by atoms with van der Waals surface area (Å²) in [5, 5.41) is 0. The van der Waals surface area contributed by atoms with Gasteiger partial charge in [-0.25, -0.2) is 13.2 Å². The second-order valence-electron chi connectivity index (χ2n) is 3.58. The predicted molar refractivity (Wildman–Crippen MR) is 57.6 cm³/mol. The number of halogens is 3. The van der Waals surface area contributed by atoms with E-state index in [0.29, 0.717) is 5.56 Å². The first-order valence-corrected chi connectivity index (χ1v) is 4.96. The van der Waals surface area contributed by atoms with Crippen LogP contribution in [0.5, 0.6) is 0 Å². The highest BCUT2D eigenvalue weighted by atomic mass is 19.2. The Bertz CT molecular complexity index is 526. The minimum atomic E-state index is -1.50. The van der Waals surface area contributed by atoms with Gasteiger partial charge in [0.15, 0.2) is 17.5 Å². The number of nitrogens with two attached hydrogens (primary N) is 1. The second kappa shape index (κ2) is 4.59. The van der Waals surface area contributed by atoms with Gasteiger partial charge >= 0.3 is 0 Å². The van der Waals surface area contributed by atoms with E-state index in [2.05, 4.69) is 6.07 Å². The van der Waals surface area contributed by atoms with E-state index in [-0.39, 0.29) is 5.56 Å². The van der Waals surface area contributed by atoms with Crippen LogP contribution in [-0.4, -0.2) is 0 Å². The molecule has 17 heavy (non-hydrogen) atoms. The first-order chi connectivity index (χ1) is 8.11. The molecular weight excluding hydrogens is 227 g/mol. The van der Waals surface area contributed by atoms with Crippen molar-refractivity contribution in [3.8, 4) is 0 Å². The Morgan fingerprint density at radius 3 is 2.24 bits per heavy atom. The molecule has 0 heterocycles. The van der Waals surface area contributed by atoms with Gasteiger partial charge in [0.1, 0.15) is 0 Å². The minimum absolute atomic E-state index is 0.0740. The van der Waals surface area contributed by atoms with Crippen molar-refractivity contribution in [1.82, 2.24) is 0 Å². The van der Waals surface area contributed by atoms with E-state index in [9.17, 15) is 13.2 Å². The molecular formula is C13H9F3N. The van der Waals surface area contributed by atoms with Crippen molar-refractivity contribution in [2.45, 2.75) is 6.04 Å². The van der Waals surface area contributed by atoms with E-state index in [1.807, 2.05) is 0 Å². The lowest BCUT2D eigenvalue weighted by Gasteiger charge is -2.13. The zero-order chi connectivity index (χ0) is 12.4. The van der Waals surface area contributed by atoms with Crippen molar-refractivity contribution in [2.75, 3.05) is 0 Å². The molecule has 0 fully saturated rings. The van der Waals surface area contributed by atoms with Gasteiger partial charge < -0.3 is 5.73 Å². The lowest BCUT2D eigenvalue weighted by atomic mass is 9.99. The van der Waals surface area contributed by atoms with E-state index in [0.717, 1.165) is 12.1 Å². The third-order valence-corrected chi connectivity index (χ3v) is 2.50. The summed E-state index contributed by atoms with van der Waals surface area (Å²) in [6.07, 6.45) is 0. The molecule has 0 aromatic heterocycles. The van der Waals surface area contributed by atoms with E-state index in [1.54, 1.807) is 24.3 Å². The van der Waals surface area contributed by atoms with E-state index in [1.165, 1.54) is 0 Å². The Balaban J connectivity index is 2.45. The summed E-state index contributed by atoms with van der Waals surface area (Å²) in [5.74, 6) is -3.97. The summed E-state index contributed by atoms with van der Waals surface area (Å²) in [6, 6.07) is 10.5. The maximum absolute atomic E-state index is 13.5. The Kier molecular flexibility index (Phi) is 3.15. The Labute approximate surface area is 96.7 Å². The van der Waals surface area contributed by atoms with Crippen molar-refractivity contribution in [3.63, 3.8) is 0 Å². The summed E-state index contributed by atoms with van der Waals surface area (Å²) in [5.41, 5.74) is 6.32. The maximum Gasteiger partial charge on any atom is 0.194 e. The normalized spacial score (nSPS) is 12.5. The molecule has 2 aromatic carbocycles. The average molecular weight is 236 g/mol. The standard InChI is InChI=1S/C13H9F3N/c14-10-7-6-9(11(15)12(10)16)13(17)8-4-2-1-3-5-8/h2-7,13H,17H2. The van der Waals surface area contributed by atoms with Crippen LogP contribution in [0.25, 0.3) is 0 Å². The molecule has 0 aliphatic rings. The molecule has 87 valence electrons. The molecule has 0 bridgehead atoms. The summed E-state index contributed by atoms with van der Waals surface area (Å²) < 4.78 is 39.3. The minimum Gasteiger partial charge on any atom is -0.320 e. The van der Waals surface area contributed by atoms with Crippen molar-refractivity contribution in [1.29, 1.82) is 0 Å². The molecule has 2 aromatic rings. The predicted octanol–water partition coefficient (Wildman–Crippen LogP) is 2.95.